The molecular formula is C23H24N2O4S. The summed E-state index contributed by atoms with van der Waals surface area (Å²) < 4.78 is 32.8. The number of methoxy groups -OCH3 is 1. The van der Waals surface area contributed by atoms with Crippen molar-refractivity contribution < 1.29 is 17.9 Å². The number of nitrogens with one attached hydrogen (secondary N) is 2. The number of anilines is 2. The number of carbonyl (C=O) groups is 1. The van der Waals surface area contributed by atoms with Gasteiger partial charge < -0.3 is 10.1 Å². The van der Waals surface area contributed by atoms with Gasteiger partial charge in [-0.1, -0.05) is 38.1 Å². The third kappa shape index (κ3) is 4.99. The Morgan fingerprint density at radius 2 is 1.63 bits per heavy atom. The van der Waals surface area contributed by atoms with Gasteiger partial charge in [-0.25, -0.2) is 8.42 Å². The van der Waals surface area contributed by atoms with E-state index in [-0.39, 0.29) is 16.7 Å². The van der Waals surface area contributed by atoms with Crippen LogP contribution in [-0.4, -0.2) is 21.4 Å². The highest BCUT2D eigenvalue weighted by atomic mass is 32.2. The quantitative estimate of drug-likeness (QED) is 0.567. The first-order chi connectivity index (χ1) is 14.3. The van der Waals surface area contributed by atoms with Crippen molar-refractivity contribution in [3.63, 3.8) is 0 Å². The lowest BCUT2D eigenvalue weighted by Crippen LogP contribution is -2.16. The first kappa shape index (κ1) is 21.4. The third-order valence-electron chi connectivity index (χ3n) is 4.58. The smallest absolute Gasteiger partial charge is 0.261 e. The Kier molecular flexibility index (Phi) is 6.42. The fraction of sp³-hybridized carbons (Fsp3) is 0.174. The topological polar surface area (TPSA) is 84.5 Å². The van der Waals surface area contributed by atoms with Gasteiger partial charge in [-0.05, 0) is 60.0 Å². The molecule has 0 aliphatic carbocycles. The summed E-state index contributed by atoms with van der Waals surface area (Å²) in [5.74, 6) is 0.507. The van der Waals surface area contributed by atoms with Crippen molar-refractivity contribution in [2.24, 2.45) is 0 Å². The summed E-state index contributed by atoms with van der Waals surface area (Å²) in [4.78, 5) is 12.8. The van der Waals surface area contributed by atoms with E-state index in [2.05, 4.69) is 23.9 Å². The van der Waals surface area contributed by atoms with Crippen LogP contribution in [0, 0.1) is 0 Å². The number of sulfonamides is 1. The van der Waals surface area contributed by atoms with Crippen molar-refractivity contribution in [3.8, 4) is 5.75 Å². The zero-order chi connectivity index (χ0) is 21.7. The lowest BCUT2D eigenvalue weighted by molar-refractivity contribution is 0.102. The molecule has 7 heteroatoms. The molecule has 0 saturated heterocycles. The van der Waals surface area contributed by atoms with Gasteiger partial charge in [0.15, 0.2) is 0 Å². The molecule has 0 spiro atoms. The molecule has 2 N–H and O–H groups in total. The average molecular weight is 425 g/mol. The van der Waals surface area contributed by atoms with Crippen molar-refractivity contribution in [2.45, 2.75) is 24.7 Å². The van der Waals surface area contributed by atoms with Gasteiger partial charge in [0.05, 0.1) is 12.0 Å². The van der Waals surface area contributed by atoms with Crippen LogP contribution < -0.4 is 14.8 Å². The fourth-order valence-corrected chi connectivity index (χ4v) is 4.05. The number of hydrogen-bond acceptors (Lipinski definition) is 4. The van der Waals surface area contributed by atoms with Gasteiger partial charge in [0.25, 0.3) is 15.9 Å². The molecule has 0 aliphatic rings. The molecule has 0 fully saturated rings. The largest absolute Gasteiger partial charge is 0.497 e. The van der Waals surface area contributed by atoms with E-state index in [1.54, 1.807) is 30.3 Å². The third-order valence-corrected chi connectivity index (χ3v) is 5.97. The van der Waals surface area contributed by atoms with E-state index in [0.29, 0.717) is 17.0 Å². The predicted molar refractivity (Wildman–Crippen MR) is 119 cm³/mol. The van der Waals surface area contributed by atoms with Crippen LogP contribution in [0.3, 0.4) is 0 Å². The Balaban J connectivity index is 1.79. The van der Waals surface area contributed by atoms with E-state index in [0.717, 1.165) is 11.3 Å². The van der Waals surface area contributed by atoms with Crippen molar-refractivity contribution >= 4 is 27.3 Å². The molecule has 0 bridgehead atoms. The summed E-state index contributed by atoms with van der Waals surface area (Å²) in [5, 5.41) is 2.91. The van der Waals surface area contributed by atoms with E-state index in [4.69, 9.17) is 4.74 Å². The maximum atomic E-state index is 12.7. The van der Waals surface area contributed by atoms with Gasteiger partial charge >= 0.3 is 0 Å². The van der Waals surface area contributed by atoms with Crippen LogP contribution >= 0.6 is 0 Å². The van der Waals surface area contributed by atoms with Gasteiger partial charge in [-0.2, -0.15) is 0 Å². The summed E-state index contributed by atoms with van der Waals surface area (Å²) in [6.45, 7) is 4.11. The Morgan fingerprint density at radius 3 is 2.30 bits per heavy atom. The van der Waals surface area contributed by atoms with Gasteiger partial charge in [0.1, 0.15) is 5.75 Å². The van der Waals surface area contributed by atoms with Gasteiger partial charge in [0, 0.05) is 16.9 Å². The zero-order valence-corrected chi connectivity index (χ0v) is 17.9. The van der Waals surface area contributed by atoms with E-state index in [1.165, 1.54) is 25.3 Å². The summed E-state index contributed by atoms with van der Waals surface area (Å²) in [6, 6.07) is 20.1. The van der Waals surface area contributed by atoms with Crippen molar-refractivity contribution in [3.05, 3.63) is 83.9 Å². The van der Waals surface area contributed by atoms with Crippen LogP contribution in [0.4, 0.5) is 11.4 Å². The van der Waals surface area contributed by atoms with Crippen LogP contribution in [-0.2, 0) is 10.0 Å². The van der Waals surface area contributed by atoms with Crippen LogP contribution in [0.1, 0.15) is 35.7 Å². The maximum Gasteiger partial charge on any atom is 0.261 e. The van der Waals surface area contributed by atoms with Gasteiger partial charge in [-0.15, -0.1) is 0 Å². The van der Waals surface area contributed by atoms with Crippen molar-refractivity contribution in [2.75, 3.05) is 17.1 Å². The summed E-state index contributed by atoms with van der Waals surface area (Å²) >= 11 is 0. The summed E-state index contributed by atoms with van der Waals surface area (Å²) in [6.07, 6.45) is 0. The van der Waals surface area contributed by atoms with Crippen LogP contribution in [0.5, 0.6) is 5.75 Å². The minimum atomic E-state index is -3.79. The number of para-hydroxylation sites is 1. The summed E-state index contributed by atoms with van der Waals surface area (Å²) in [7, 11) is -2.28. The average Bonchev–Trinajstić information content (AvgIpc) is 2.74. The number of carbonyl (C=O) groups excluding carboxylic acids is 1. The molecule has 156 valence electrons. The van der Waals surface area contributed by atoms with Gasteiger partial charge in [-0.3, -0.25) is 9.52 Å². The lowest BCUT2D eigenvalue weighted by Gasteiger charge is -2.14. The molecule has 0 saturated carbocycles. The first-order valence-electron chi connectivity index (χ1n) is 9.47. The molecule has 3 aromatic rings. The SMILES string of the molecule is COc1ccc(S(=O)(=O)Nc2cccc(C(=O)Nc3ccccc3C(C)C)c2)cc1. The molecule has 6 nitrogen and oxygen atoms in total. The number of benzene rings is 3. The molecule has 0 heterocycles. The molecule has 0 radical (unpaired) electrons. The standard InChI is InChI=1S/C23H24N2O4S/c1-16(2)21-9-4-5-10-22(21)24-23(26)17-7-6-8-18(15-17)25-30(27,28)20-13-11-19(29-3)12-14-20/h4-16,25H,1-3H3,(H,24,26). The van der Waals surface area contributed by atoms with Crippen LogP contribution in [0.2, 0.25) is 0 Å². The number of hydrogen-bond donors (Lipinski definition) is 2. The molecule has 0 aliphatic heterocycles. The highest BCUT2D eigenvalue weighted by Crippen LogP contribution is 2.25. The van der Waals surface area contributed by atoms with Crippen molar-refractivity contribution in [1.29, 1.82) is 0 Å². The molecule has 0 atom stereocenters. The Labute approximate surface area is 177 Å². The molecule has 3 rings (SSSR count). The molecule has 1 amide bonds. The number of ether oxygens (including phenoxy) is 1. The Bertz CT molecular complexity index is 1140. The molecular weight excluding hydrogens is 400 g/mol. The first-order valence-corrected chi connectivity index (χ1v) is 11.0. The van der Waals surface area contributed by atoms with Crippen LogP contribution in [0.25, 0.3) is 0 Å². The predicted octanol–water partition coefficient (Wildman–Crippen LogP) is 4.87. The van der Waals surface area contributed by atoms with E-state index in [9.17, 15) is 13.2 Å². The van der Waals surface area contributed by atoms with Crippen LogP contribution in [0.15, 0.2) is 77.7 Å². The monoisotopic (exact) mass is 424 g/mol. The second-order valence-electron chi connectivity index (χ2n) is 7.06. The van der Waals surface area contributed by atoms with E-state index >= 15 is 0 Å². The van der Waals surface area contributed by atoms with Crippen molar-refractivity contribution in [1.82, 2.24) is 0 Å². The molecule has 0 aromatic heterocycles. The Hall–Kier alpha value is -3.32. The minimum absolute atomic E-state index is 0.101. The highest BCUT2D eigenvalue weighted by molar-refractivity contribution is 7.92. The molecule has 0 unspecified atom stereocenters. The number of amides is 1. The van der Waals surface area contributed by atoms with E-state index in [1.807, 2.05) is 24.3 Å². The van der Waals surface area contributed by atoms with Gasteiger partial charge in [0.2, 0.25) is 0 Å². The fourth-order valence-electron chi connectivity index (χ4n) is 3.00. The minimum Gasteiger partial charge on any atom is -0.497 e. The Morgan fingerprint density at radius 1 is 0.933 bits per heavy atom. The molecule has 3 aromatic carbocycles. The highest BCUT2D eigenvalue weighted by Gasteiger charge is 2.16. The normalized spacial score (nSPS) is 11.2. The van der Waals surface area contributed by atoms with E-state index < -0.39 is 10.0 Å². The zero-order valence-electron chi connectivity index (χ0n) is 17.0. The molecule has 30 heavy (non-hydrogen) atoms. The summed E-state index contributed by atoms with van der Waals surface area (Å²) in [5.41, 5.74) is 2.42. The number of rotatable bonds is 7. The second kappa shape index (κ2) is 9.00. The maximum absolute atomic E-state index is 12.7. The lowest BCUT2D eigenvalue weighted by atomic mass is 10.0. The second-order valence-corrected chi connectivity index (χ2v) is 8.74.